The Balaban J connectivity index is 1.01. The fraction of sp³-hybridized carbons (Fsp3) is 0.375. The van der Waals surface area contributed by atoms with Crippen LogP contribution < -0.4 is 9.64 Å². The number of benzene rings is 2. The van der Waals surface area contributed by atoms with E-state index in [0.717, 1.165) is 68.2 Å². The van der Waals surface area contributed by atoms with Gasteiger partial charge in [-0.3, -0.25) is 0 Å². The normalized spacial score (nSPS) is 19.1. The first kappa shape index (κ1) is 26.4. The first-order valence-corrected chi connectivity index (χ1v) is 14.2. The van der Waals surface area contributed by atoms with Crippen molar-refractivity contribution in [3.63, 3.8) is 0 Å². The van der Waals surface area contributed by atoms with Gasteiger partial charge in [-0.2, -0.15) is 10.2 Å². The van der Waals surface area contributed by atoms with Crippen LogP contribution in [-0.4, -0.2) is 53.4 Å². The van der Waals surface area contributed by atoms with E-state index in [-0.39, 0.29) is 29.7 Å². The van der Waals surface area contributed by atoms with Crippen LogP contribution >= 0.6 is 0 Å². The van der Waals surface area contributed by atoms with Gasteiger partial charge in [-0.15, -0.1) is 0 Å². The van der Waals surface area contributed by atoms with Crippen LogP contribution in [0, 0.1) is 22.6 Å². The number of hydrogen-bond acceptors (Lipinski definition) is 8. The average molecular weight is 568 g/mol. The molecule has 0 radical (unpaired) electrons. The van der Waals surface area contributed by atoms with Crippen LogP contribution in [0.1, 0.15) is 52.5 Å². The molecule has 4 heterocycles. The molecule has 0 amide bonds. The van der Waals surface area contributed by atoms with Crippen molar-refractivity contribution in [2.75, 3.05) is 31.7 Å². The Morgan fingerprint density at radius 2 is 2.00 bits per heavy atom. The third kappa shape index (κ3) is 4.73. The number of anilines is 1. The third-order valence-corrected chi connectivity index (χ3v) is 8.75. The van der Waals surface area contributed by atoms with Gasteiger partial charge < -0.3 is 23.7 Å². The second kappa shape index (κ2) is 10.4. The largest absolute Gasteiger partial charge is 0.473 e. The molecule has 1 spiro atoms. The van der Waals surface area contributed by atoms with E-state index < -0.39 is 5.82 Å². The van der Waals surface area contributed by atoms with Crippen LogP contribution in [-0.2, 0) is 22.6 Å². The lowest BCUT2D eigenvalue weighted by Crippen LogP contribution is -2.62. The van der Waals surface area contributed by atoms with Crippen LogP contribution in [0.25, 0.3) is 11.0 Å². The lowest BCUT2D eigenvalue weighted by Gasteiger charge is -2.59. The molecule has 3 aliphatic rings. The highest BCUT2D eigenvalue weighted by atomic mass is 19.1. The van der Waals surface area contributed by atoms with Gasteiger partial charge in [0.2, 0.25) is 5.88 Å². The van der Waals surface area contributed by atoms with Crippen molar-refractivity contribution in [3.05, 3.63) is 82.9 Å². The van der Waals surface area contributed by atoms with E-state index in [1.54, 1.807) is 24.3 Å². The molecule has 7 rings (SSSR count). The zero-order valence-corrected chi connectivity index (χ0v) is 23.3. The summed E-state index contributed by atoms with van der Waals surface area (Å²) in [6, 6.07) is 17.5. The van der Waals surface area contributed by atoms with Crippen molar-refractivity contribution in [3.8, 4) is 11.9 Å². The van der Waals surface area contributed by atoms with Crippen LogP contribution in [0.15, 0.2) is 54.6 Å². The Kier molecular flexibility index (Phi) is 6.54. The van der Waals surface area contributed by atoms with E-state index in [1.807, 2.05) is 30.3 Å². The molecule has 1 saturated carbocycles. The minimum absolute atomic E-state index is 0.0353. The molecule has 9 nitrogen and oxygen atoms in total. The molecule has 0 N–H and O–H groups in total. The Labute approximate surface area is 242 Å². The number of carbonyl (C=O) groups is 1. The highest BCUT2D eigenvalue weighted by molar-refractivity contribution is 5.93. The third-order valence-electron chi connectivity index (χ3n) is 8.75. The summed E-state index contributed by atoms with van der Waals surface area (Å²) in [6.07, 6.45) is 3.27. The predicted octanol–water partition coefficient (Wildman–Crippen LogP) is 4.98. The number of methoxy groups -OCH3 is 1. The number of fused-ring (bicyclic) bond motifs is 1. The van der Waals surface area contributed by atoms with Gasteiger partial charge in [0.25, 0.3) is 0 Å². The summed E-state index contributed by atoms with van der Waals surface area (Å²) in [5.41, 5.74) is 3.23. The number of pyridine rings is 1. The summed E-state index contributed by atoms with van der Waals surface area (Å²) in [4.78, 5) is 24.1. The van der Waals surface area contributed by atoms with Crippen LogP contribution in [0.2, 0.25) is 0 Å². The van der Waals surface area contributed by atoms with Gasteiger partial charge in [0, 0.05) is 42.7 Å². The molecule has 0 bridgehead atoms. The number of rotatable bonds is 8. The number of nitrogens with zero attached hydrogens (tertiary/aromatic N) is 5. The highest BCUT2D eigenvalue weighted by Gasteiger charge is 2.54. The summed E-state index contributed by atoms with van der Waals surface area (Å²) in [5.74, 6) is 1.86. The van der Waals surface area contributed by atoms with Crippen LogP contribution in [0.4, 0.5) is 10.2 Å². The number of aromatic nitrogens is 3. The second-order valence-corrected chi connectivity index (χ2v) is 11.6. The summed E-state index contributed by atoms with van der Waals surface area (Å²) >= 11 is 0. The van der Waals surface area contributed by atoms with E-state index in [2.05, 4.69) is 14.5 Å². The predicted molar refractivity (Wildman–Crippen MR) is 152 cm³/mol. The molecule has 2 aliphatic heterocycles. The van der Waals surface area contributed by atoms with Crippen molar-refractivity contribution in [2.24, 2.45) is 5.41 Å². The molecular weight excluding hydrogens is 537 g/mol. The molecule has 0 unspecified atom stereocenters. The zero-order valence-electron chi connectivity index (χ0n) is 23.3. The van der Waals surface area contributed by atoms with Gasteiger partial charge in [0.05, 0.1) is 48.0 Å². The van der Waals surface area contributed by atoms with E-state index in [4.69, 9.17) is 24.5 Å². The molecule has 1 atom stereocenters. The van der Waals surface area contributed by atoms with Crippen molar-refractivity contribution in [1.29, 1.82) is 5.26 Å². The topological polar surface area (TPSA) is 102 Å². The SMILES string of the molecule is COC(=O)c1ccc2nc(C3CC4(C3)CN(c3cccc(OCc5ccc(C#N)cc5F)n3)C4)n(C[C@@H]3CCO3)c2c1. The van der Waals surface area contributed by atoms with Gasteiger partial charge in [0.15, 0.2) is 0 Å². The maximum Gasteiger partial charge on any atom is 0.337 e. The van der Waals surface area contributed by atoms with Crippen LogP contribution in [0.3, 0.4) is 0 Å². The van der Waals surface area contributed by atoms with Crippen molar-refractivity contribution in [1.82, 2.24) is 14.5 Å². The van der Waals surface area contributed by atoms with Gasteiger partial charge in [-0.25, -0.2) is 14.2 Å². The highest BCUT2D eigenvalue weighted by Crippen LogP contribution is 2.56. The minimum Gasteiger partial charge on any atom is -0.473 e. The van der Waals surface area contributed by atoms with E-state index in [9.17, 15) is 9.18 Å². The molecule has 4 aromatic rings. The molecule has 214 valence electrons. The minimum atomic E-state index is -0.466. The van der Waals surface area contributed by atoms with Crippen molar-refractivity contribution < 1.29 is 23.4 Å². The molecule has 2 aromatic heterocycles. The van der Waals surface area contributed by atoms with E-state index >= 15 is 0 Å². The Hall–Kier alpha value is -4.49. The number of carbonyl (C=O) groups excluding carboxylic acids is 1. The summed E-state index contributed by atoms with van der Waals surface area (Å²) in [5, 5.41) is 8.94. The van der Waals surface area contributed by atoms with Crippen molar-refractivity contribution in [2.45, 2.75) is 44.4 Å². The molecule has 1 aliphatic carbocycles. The number of nitriles is 1. The lowest BCUT2D eigenvalue weighted by molar-refractivity contribution is -0.0597. The van der Waals surface area contributed by atoms with Crippen LogP contribution in [0.5, 0.6) is 5.88 Å². The van der Waals surface area contributed by atoms with Gasteiger partial charge in [0.1, 0.15) is 24.1 Å². The number of imidazole rings is 1. The van der Waals surface area contributed by atoms with Gasteiger partial charge in [-0.05, 0) is 55.7 Å². The molecule has 2 saturated heterocycles. The Bertz CT molecular complexity index is 1710. The monoisotopic (exact) mass is 567 g/mol. The van der Waals surface area contributed by atoms with E-state index in [0.29, 0.717) is 22.9 Å². The Morgan fingerprint density at radius 1 is 1.17 bits per heavy atom. The fourth-order valence-electron chi connectivity index (χ4n) is 6.42. The summed E-state index contributed by atoms with van der Waals surface area (Å²) in [6.45, 7) is 3.36. The first-order valence-electron chi connectivity index (χ1n) is 14.2. The lowest BCUT2D eigenvalue weighted by atomic mass is 9.57. The van der Waals surface area contributed by atoms with Crippen molar-refractivity contribution >= 4 is 22.8 Å². The summed E-state index contributed by atoms with van der Waals surface area (Å²) < 4.78 is 33.0. The molecule has 10 heteroatoms. The number of ether oxygens (including phenoxy) is 3. The maximum atomic E-state index is 14.2. The zero-order chi connectivity index (χ0) is 28.8. The smallest absolute Gasteiger partial charge is 0.337 e. The molecule has 3 fully saturated rings. The molecule has 42 heavy (non-hydrogen) atoms. The standard InChI is InChI=1S/C32H30FN5O4/c1-40-31(39)21-7-8-26-27(12-21)38(16-24-9-10-41-24)30(35-26)23-13-32(14-23)18-37(19-32)28-3-2-4-29(36-28)42-17-22-6-5-20(15-34)11-25(22)33/h2-8,11-12,23-24H,9-10,13-14,16-19H2,1H3/t24-/m0/s1. The molecule has 2 aromatic carbocycles. The quantitative estimate of drug-likeness (QED) is 0.275. The Morgan fingerprint density at radius 3 is 2.71 bits per heavy atom. The van der Waals surface area contributed by atoms with Gasteiger partial charge in [-0.1, -0.05) is 12.1 Å². The second-order valence-electron chi connectivity index (χ2n) is 11.6. The average Bonchev–Trinajstić information content (AvgIpc) is 3.29. The van der Waals surface area contributed by atoms with Gasteiger partial charge >= 0.3 is 5.97 Å². The number of esters is 1. The van der Waals surface area contributed by atoms with E-state index in [1.165, 1.54) is 13.2 Å². The number of hydrogen-bond donors (Lipinski definition) is 0. The maximum absolute atomic E-state index is 14.2. The fourth-order valence-corrected chi connectivity index (χ4v) is 6.42. The molecular formula is C32H30FN5O4. The number of halogens is 1. The summed E-state index contributed by atoms with van der Waals surface area (Å²) in [7, 11) is 1.39. The first-order chi connectivity index (χ1) is 20.4.